The zero-order valence-electron chi connectivity index (χ0n) is 10.8. The number of rotatable bonds is 5. The molecule has 0 aliphatic rings. The fourth-order valence-electron chi connectivity index (χ4n) is 1.57. The number of aromatic nitrogens is 4. The molecule has 1 atom stereocenters. The molecule has 0 aliphatic heterocycles. The van der Waals surface area contributed by atoms with Crippen LogP contribution in [0.3, 0.4) is 0 Å². The maximum Gasteiger partial charge on any atom is 0.246 e. The van der Waals surface area contributed by atoms with Gasteiger partial charge in [-0.25, -0.2) is 4.98 Å². The highest BCUT2D eigenvalue weighted by Crippen LogP contribution is 2.15. The van der Waals surface area contributed by atoms with Crippen LogP contribution in [-0.2, 0) is 9.53 Å². The molecular formula is C12H15N5O2. The third kappa shape index (κ3) is 3.35. The zero-order chi connectivity index (χ0) is 13.7. The Morgan fingerprint density at radius 3 is 3.11 bits per heavy atom. The van der Waals surface area contributed by atoms with Crippen LogP contribution in [0.15, 0.2) is 24.5 Å². The van der Waals surface area contributed by atoms with E-state index in [1.54, 1.807) is 12.4 Å². The van der Waals surface area contributed by atoms with Gasteiger partial charge in [0.15, 0.2) is 5.82 Å². The van der Waals surface area contributed by atoms with Gasteiger partial charge in [-0.15, -0.1) is 0 Å². The lowest BCUT2D eigenvalue weighted by molar-refractivity contribution is -0.125. The van der Waals surface area contributed by atoms with Gasteiger partial charge in [0, 0.05) is 25.1 Å². The van der Waals surface area contributed by atoms with Gasteiger partial charge in [-0.2, -0.15) is 5.10 Å². The van der Waals surface area contributed by atoms with Crippen LogP contribution in [0.25, 0.3) is 11.4 Å². The highest BCUT2D eigenvalue weighted by atomic mass is 16.5. The van der Waals surface area contributed by atoms with E-state index >= 15 is 0 Å². The molecule has 0 unspecified atom stereocenters. The smallest absolute Gasteiger partial charge is 0.246 e. The average molecular weight is 261 g/mol. The molecule has 0 bridgehead atoms. The van der Waals surface area contributed by atoms with E-state index < -0.39 is 0 Å². The number of nitrogens with one attached hydrogen (secondary N) is 2. The predicted octanol–water partition coefficient (Wildman–Crippen LogP) is 0.690. The zero-order valence-corrected chi connectivity index (χ0v) is 10.8. The Labute approximate surface area is 110 Å². The van der Waals surface area contributed by atoms with Crippen LogP contribution < -0.4 is 5.32 Å². The second kappa shape index (κ2) is 6.05. The molecule has 0 saturated heterocycles. The highest BCUT2D eigenvalue weighted by molar-refractivity contribution is 5.77. The van der Waals surface area contributed by atoms with E-state index in [4.69, 9.17) is 4.74 Å². The van der Waals surface area contributed by atoms with Gasteiger partial charge in [-0.3, -0.25) is 14.9 Å². The summed E-state index contributed by atoms with van der Waals surface area (Å²) in [5, 5.41) is 9.66. The van der Waals surface area contributed by atoms with Crippen molar-refractivity contribution in [2.45, 2.75) is 13.0 Å². The molecule has 0 spiro atoms. The Morgan fingerprint density at radius 1 is 1.58 bits per heavy atom. The minimum atomic E-state index is -0.263. The number of aromatic amines is 1. The summed E-state index contributed by atoms with van der Waals surface area (Å²) in [5.74, 6) is 0.938. The Hall–Kier alpha value is -2.28. The third-order valence-electron chi connectivity index (χ3n) is 2.49. The van der Waals surface area contributed by atoms with Gasteiger partial charge in [-0.1, -0.05) is 0 Å². The molecule has 7 heteroatoms. The van der Waals surface area contributed by atoms with Gasteiger partial charge in [0.1, 0.15) is 12.4 Å². The fraction of sp³-hybridized carbons (Fsp3) is 0.333. The Balaban J connectivity index is 2.07. The number of hydrogen-bond acceptors (Lipinski definition) is 5. The number of pyridine rings is 1. The number of carbonyl (C=O) groups is 1. The highest BCUT2D eigenvalue weighted by Gasteiger charge is 2.14. The molecule has 2 N–H and O–H groups in total. The molecule has 0 saturated carbocycles. The molecule has 0 radical (unpaired) electrons. The Kier molecular flexibility index (Phi) is 4.19. The molecule has 7 nitrogen and oxygen atoms in total. The van der Waals surface area contributed by atoms with Crippen LogP contribution in [0, 0.1) is 0 Å². The first-order valence-electron chi connectivity index (χ1n) is 5.81. The normalized spacial score (nSPS) is 12.1. The summed E-state index contributed by atoms with van der Waals surface area (Å²) >= 11 is 0. The minimum absolute atomic E-state index is 0.0218. The van der Waals surface area contributed by atoms with Crippen molar-refractivity contribution in [1.29, 1.82) is 0 Å². The van der Waals surface area contributed by atoms with E-state index in [1.807, 2.05) is 19.1 Å². The first-order valence-corrected chi connectivity index (χ1v) is 5.81. The Morgan fingerprint density at radius 2 is 2.42 bits per heavy atom. The molecule has 2 aromatic heterocycles. The number of nitrogens with zero attached hydrogens (tertiary/aromatic N) is 3. The molecule has 19 heavy (non-hydrogen) atoms. The maximum atomic E-state index is 11.4. The van der Waals surface area contributed by atoms with Gasteiger partial charge in [-0.05, 0) is 19.1 Å². The summed E-state index contributed by atoms with van der Waals surface area (Å²) < 4.78 is 4.75. The molecule has 2 rings (SSSR count). The van der Waals surface area contributed by atoms with Crippen molar-refractivity contribution in [2.24, 2.45) is 0 Å². The van der Waals surface area contributed by atoms with Crippen molar-refractivity contribution in [3.8, 4) is 11.4 Å². The molecular weight excluding hydrogens is 246 g/mol. The van der Waals surface area contributed by atoms with Gasteiger partial charge < -0.3 is 10.1 Å². The summed E-state index contributed by atoms with van der Waals surface area (Å²) in [5.41, 5.74) is 0.820. The number of ether oxygens (including phenoxy) is 1. The largest absolute Gasteiger partial charge is 0.375 e. The van der Waals surface area contributed by atoms with Gasteiger partial charge in [0.25, 0.3) is 0 Å². The second-order valence-electron chi connectivity index (χ2n) is 4.01. The van der Waals surface area contributed by atoms with Crippen molar-refractivity contribution < 1.29 is 9.53 Å². The lowest BCUT2D eigenvalue weighted by Gasteiger charge is -2.09. The minimum Gasteiger partial charge on any atom is -0.375 e. The van der Waals surface area contributed by atoms with Gasteiger partial charge in [0.05, 0.1) is 6.04 Å². The number of amides is 1. The maximum absolute atomic E-state index is 11.4. The van der Waals surface area contributed by atoms with E-state index in [0.717, 1.165) is 5.56 Å². The van der Waals surface area contributed by atoms with Gasteiger partial charge in [0.2, 0.25) is 5.91 Å². The topological polar surface area (TPSA) is 92.8 Å². The van der Waals surface area contributed by atoms with Crippen LogP contribution in [-0.4, -0.2) is 39.8 Å². The summed E-state index contributed by atoms with van der Waals surface area (Å²) in [6.45, 7) is 1.84. The molecule has 1 amide bonds. The molecule has 2 aromatic rings. The van der Waals surface area contributed by atoms with Crippen LogP contribution in [0.4, 0.5) is 0 Å². The van der Waals surface area contributed by atoms with E-state index in [9.17, 15) is 4.79 Å². The second-order valence-corrected chi connectivity index (χ2v) is 4.01. The number of carbonyl (C=O) groups excluding carboxylic acids is 1. The molecule has 100 valence electrons. The summed E-state index contributed by atoms with van der Waals surface area (Å²) in [7, 11) is 1.47. The van der Waals surface area contributed by atoms with E-state index in [-0.39, 0.29) is 18.6 Å². The van der Waals surface area contributed by atoms with E-state index in [0.29, 0.717) is 11.6 Å². The van der Waals surface area contributed by atoms with Crippen LogP contribution in [0.5, 0.6) is 0 Å². The Bertz CT molecular complexity index is 540. The summed E-state index contributed by atoms with van der Waals surface area (Å²) in [6.07, 6.45) is 3.37. The van der Waals surface area contributed by atoms with E-state index in [2.05, 4.69) is 25.5 Å². The van der Waals surface area contributed by atoms with Crippen LogP contribution in [0.1, 0.15) is 18.8 Å². The van der Waals surface area contributed by atoms with E-state index in [1.165, 1.54) is 7.11 Å². The first kappa shape index (κ1) is 13.2. The molecule has 0 aliphatic carbocycles. The number of hydrogen-bond donors (Lipinski definition) is 2. The number of methoxy groups -OCH3 is 1. The van der Waals surface area contributed by atoms with Crippen molar-refractivity contribution >= 4 is 5.91 Å². The average Bonchev–Trinajstić information content (AvgIpc) is 2.89. The number of H-pyrrole nitrogens is 1. The van der Waals surface area contributed by atoms with Crippen LogP contribution >= 0.6 is 0 Å². The van der Waals surface area contributed by atoms with Crippen LogP contribution in [0.2, 0.25) is 0 Å². The van der Waals surface area contributed by atoms with Crippen molar-refractivity contribution in [3.63, 3.8) is 0 Å². The fourth-order valence-corrected chi connectivity index (χ4v) is 1.57. The van der Waals surface area contributed by atoms with Gasteiger partial charge >= 0.3 is 0 Å². The monoisotopic (exact) mass is 261 g/mol. The summed E-state index contributed by atoms with van der Waals surface area (Å²) in [6, 6.07) is 3.42. The van der Waals surface area contributed by atoms with Crippen molar-refractivity contribution in [3.05, 3.63) is 30.4 Å². The standard InChI is InChI=1S/C12H15N5O2/c1-8(14-10(18)7-19-2)11-15-12(17-16-11)9-4-3-5-13-6-9/h3-6,8H,7H2,1-2H3,(H,14,18)(H,15,16,17)/t8-/m0/s1. The lowest BCUT2D eigenvalue weighted by atomic mass is 10.3. The SMILES string of the molecule is COCC(=O)N[C@@H](C)c1nc(-c2cccnc2)n[nH]1. The quantitative estimate of drug-likeness (QED) is 0.826. The molecule has 2 heterocycles. The molecule has 0 aromatic carbocycles. The summed E-state index contributed by atoms with van der Waals surface area (Å²) in [4.78, 5) is 19.7. The van der Waals surface area contributed by atoms with Crippen molar-refractivity contribution in [2.75, 3.05) is 13.7 Å². The first-order chi connectivity index (χ1) is 9.20. The lowest BCUT2D eigenvalue weighted by Crippen LogP contribution is -2.30. The molecule has 0 fully saturated rings. The third-order valence-corrected chi connectivity index (χ3v) is 2.49. The predicted molar refractivity (Wildman–Crippen MR) is 68.0 cm³/mol. The van der Waals surface area contributed by atoms with Crippen molar-refractivity contribution in [1.82, 2.24) is 25.5 Å².